The second-order valence-corrected chi connectivity index (χ2v) is 7.68. The maximum Gasteiger partial charge on any atom is 0.408 e. The Morgan fingerprint density at radius 3 is 2.66 bits per heavy atom. The number of imidazole rings is 1. The lowest BCUT2D eigenvalue weighted by molar-refractivity contribution is -0.139. The van der Waals surface area contributed by atoms with Crippen molar-refractivity contribution in [3.05, 3.63) is 48.5 Å². The lowest BCUT2D eigenvalue weighted by Gasteiger charge is -2.15. The Morgan fingerprint density at radius 2 is 1.91 bits per heavy atom. The van der Waals surface area contributed by atoms with Crippen molar-refractivity contribution >= 4 is 35.0 Å². The molecule has 0 aliphatic rings. The first-order valence-corrected chi connectivity index (χ1v) is 11.1. The van der Waals surface area contributed by atoms with Crippen molar-refractivity contribution in [2.24, 2.45) is 16.5 Å². The van der Waals surface area contributed by atoms with Gasteiger partial charge in [-0.2, -0.15) is 0 Å². The number of hydrogen-bond donors (Lipinski definition) is 5. The summed E-state index contributed by atoms with van der Waals surface area (Å²) in [6.07, 6.45) is 4.68. The van der Waals surface area contributed by atoms with Crippen molar-refractivity contribution in [3.63, 3.8) is 0 Å². The minimum Gasteiger partial charge on any atom is -0.480 e. The van der Waals surface area contributed by atoms with Gasteiger partial charge in [-0.15, -0.1) is 0 Å². The SMILES string of the molecule is NC(N)=NCCCCCNc1ncnc2c1ncn2C[C@H](NC(=O)OCc1ccccc1)C(=O)O. The number of fused-ring (bicyclic) bond motifs is 1. The van der Waals surface area contributed by atoms with Crippen LogP contribution >= 0.6 is 0 Å². The van der Waals surface area contributed by atoms with Gasteiger partial charge in [0.1, 0.15) is 24.5 Å². The van der Waals surface area contributed by atoms with Crippen molar-refractivity contribution in [2.45, 2.75) is 38.5 Å². The zero-order valence-corrected chi connectivity index (χ0v) is 19.1. The first-order valence-electron chi connectivity index (χ1n) is 11.1. The summed E-state index contributed by atoms with van der Waals surface area (Å²) in [6.45, 7) is 1.19. The number of anilines is 1. The average Bonchev–Trinajstić information content (AvgIpc) is 3.25. The van der Waals surface area contributed by atoms with Crippen LogP contribution in [0.25, 0.3) is 11.2 Å². The summed E-state index contributed by atoms with van der Waals surface area (Å²) in [7, 11) is 0. The predicted octanol–water partition coefficient (Wildman–Crippen LogP) is 1.06. The Hall–Kier alpha value is -4.42. The molecule has 2 aromatic heterocycles. The number of aromatic nitrogens is 4. The number of carbonyl (C=O) groups excluding carboxylic acids is 1. The fraction of sp³-hybridized carbons (Fsp3) is 0.364. The van der Waals surface area contributed by atoms with Crippen LogP contribution in [0.5, 0.6) is 0 Å². The number of nitrogens with one attached hydrogen (secondary N) is 2. The van der Waals surface area contributed by atoms with Crippen LogP contribution in [0.15, 0.2) is 48.0 Å². The van der Waals surface area contributed by atoms with Gasteiger partial charge in [-0.05, 0) is 24.8 Å². The Kier molecular flexibility index (Phi) is 9.16. The number of guanidine groups is 1. The summed E-state index contributed by atoms with van der Waals surface area (Å²) >= 11 is 0. The molecule has 0 aliphatic heterocycles. The van der Waals surface area contributed by atoms with E-state index in [4.69, 9.17) is 16.2 Å². The third kappa shape index (κ3) is 7.84. The van der Waals surface area contributed by atoms with Crippen LogP contribution in [0.1, 0.15) is 24.8 Å². The predicted molar refractivity (Wildman–Crippen MR) is 130 cm³/mol. The zero-order chi connectivity index (χ0) is 25.0. The van der Waals surface area contributed by atoms with Crippen LogP contribution in [0.3, 0.4) is 0 Å². The minimum absolute atomic E-state index is 0.0313. The van der Waals surface area contributed by atoms with Gasteiger partial charge in [0.2, 0.25) is 0 Å². The molecule has 0 fully saturated rings. The van der Waals surface area contributed by atoms with Gasteiger partial charge >= 0.3 is 12.1 Å². The van der Waals surface area contributed by atoms with Gasteiger partial charge in [0, 0.05) is 13.1 Å². The molecule has 0 aliphatic carbocycles. The Bertz CT molecular complexity index is 1150. The molecular weight excluding hydrogens is 454 g/mol. The smallest absolute Gasteiger partial charge is 0.408 e. The third-order valence-electron chi connectivity index (χ3n) is 5.01. The van der Waals surface area contributed by atoms with Crippen molar-refractivity contribution in [2.75, 3.05) is 18.4 Å². The number of nitrogens with zero attached hydrogens (tertiary/aromatic N) is 5. The molecule has 13 nitrogen and oxygen atoms in total. The van der Waals surface area contributed by atoms with Crippen LogP contribution in [-0.4, -0.2) is 61.8 Å². The summed E-state index contributed by atoms with van der Waals surface area (Å²) < 4.78 is 6.68. The number of ether oxygens (including phenoxy) is 1. The molecule has 0 unspecified atom stereocenters. The van der Waals surface area contributed by atoms with E-state index in [1.807, 2.05) is 18.2 Å². The highest BCUT2D eigenvalue weighted by atomic mass is 16.5. The van der Waals surface area contributed by atoms with Gasteiger partial charge < -0.3 is 36.5 Å². The van der Waals surface area contributed by atoms with Gasteiger partial charge in [0.05, 0.1) is 12.9 Å². The summed E-state index contributed by atoms with van der Waals surface area (Å²) in [5.41, 5.74) is 12.3. The molecule has 0 saturated carbocycles. The average molecular weight is 484 g/mol. The minimum atomic E-state index is -1.24. The van der Waals surface area contributed by atoms with Crippen LogP contribution in [0.2, 0.25) is 0 Å². The number of benzene rings is 1. The number of unbranched alkanes of at least 4 members (excludes halogenated alkanes) is 2. The lowest BCUT2D eigenvalue weighted by atomic mass is 10.2. The number of carboxylic acids is 1. The van der Waals surface area contributed by atoms with Crippen LogP contribution < -0.4 is 22.1 Å². The quantitative estimate of drug-likeness (QED) is 0.133. The van der Waals surface area contributed by atoms with E-state index in [1.54, 1.807) is 16.7 Å². The fourth-order valence-electron chi connectivity index (χ4n) is 3.26. The number of nitrogens with two attached hydrogens (primary N) is 2. The molecule has 1 atom stereocenters. The highest BCUT2D eigenvalue weighted by molar-refractivity contribution is 5.83. The molecule has 7 N–H and O–H groups in total. The largest absolute Gasteiger partial charge is 0.480 e. The molecule has 3 rings (SSSR count). The molecule has 3 aromatic rings. The summed E-state index contributed by atoms with van der Waals surface area (Å²) in [6, 6.07) is 7.85. The summed E-state index contributed by atoms with van der Waals surface area (Å²) in [5, 5.41) is 15.2. The van der Waals surface area contributed by atoms with Crippen molar-refractivity contribution in [1.29, 1.82) is 0 Å². The summed E-state index contributed by atoms with van der Waals surface area (Å²) in [5.74, 6) is -0.580. The van der Waals surface area contributed by atoms with Gasteiger partial charge in [0.15, 0.2) is 17.4 Å². The standard InChI is InChI=1S/C22H29N9O4/c23-21(24)26-10-6-2-5-9-25-18-17-19(28-13-27-18)31(14-29-17)11-16(20(32)33)30-22(34)35-12-15-7-3-1-4-8-15/h1,3-4,7-8,13-14,16H,2,5-6,9-12H2,(H,30,34)(H,32,33)(H4,23,24,26)(H,25,27,28)/t16-/m0/s1. The number of amides is 1. The van der Waals surface area contributed by atoms with Crippen molar-refractivity contribution < 1.29 is 19.4 Å². The lowest BCUT2D eigenvalue weighted by Crippen LogP contribution is -2.43. The topological polar surface area (TPSA) is 196 Å². The molecular formula is C22H29N9O4. The number of rotatable bonds is 13. The Balaban J connectivity index is 1.55. The fourth-order valence-corrected chi connectivity index (χ4v) is 3.26. The second kappa shape index (κ2) is 12.7. The highest BCUT2D eigenvalue weighted by Gasteiger charge is 2.23. The van der Waals surface area contributed by atoms with E-state index in [2.05, 4.69) is 30.6 Å². The first kappa shape index (κ1) is 25.2. The van der Waals surface area contributed by atoms with E-state index in [1.165, 1.54) is 12.7 Å². The van der Waals surface area contributed by atoms with Crippen LogP contribution in [-0.2, 0) is 22.7 Å². The van der Waals surface area contributed by atoms with Crippen molar-refractivity contribution in [3.8, 4) is 0 Å². The first-order chi connectivity index (χ1) is 16.9. The normalized spacial score (nSPS) is 11.5. The van der Waals surface area contributed by atoms with Crippen LogP contribution in [0, 0.1) is 0 Å². The molecule has 13 heteroatoms. The molecule has 1 amide bonds. The van der Waals surface area contributed by atoms with E-state index in [0.717, 1.165) is 24.8 Å². The number of hydrogen-bond acceptors (Lipinski definition) is 8. The monoisotopic (exact) mass is 483 g/mol. The van der Waals surface area contributed by atoms with E-state index in [0.29, 0.717) is 30.1 Å². The van der Waals surface area contributed by atoms with Gasteiger partial charge in [-0.1, -0.05) is 30.3 Å². The Labute approximate surface area is 201 Å². The number of aliphatic imine (C=N–C) groups is 1. The third-order valence-corrected chi connectivity index (χ3v) is 5.01. The second-order valence-electron chi connectivity index (χ2n) is 7.68. The summed E-state index contributed by atoms with van der Waals surface area (Å²) in [4.78, 5) is 40.6. The number of alkyl carbamates (subject to hydrolysis) is 1. The van der Waals surface area contributed by atoms with Gasteiger partial charge in [-0.3, -0.25) is 4.99 Å². The number of carboxylic acid groups (broad SMARTS) is 1. The van der Waals surface area contributed by atoms with Gasteiger partial charge in [-0.25, -0.2) is 24.5 Å². The zero-order valence-electron chi connectivity index (χ0n) is 19.1. The molecule has 186 valence electrons. The van der Waals surface area contributed by atoms with Crippen molar-refractivity contribution in [1.82, 2.24) is 24.8 Å². The Morgan fingerprint density at radius 1 is 1.11 bits per heavy atom. The molecule has 0 bridgehead atoms. The molecule has 35 heavy (non-hydrogen) atoms. The molecule has 1 aromatic carbocycles. The number of carbonyl (C=O) groups is 2. The molecule has 0 radical (unpaired) electrons. The molecule has 2 heterocycles. The van der Waals surface area contributed by atoms with E-state index >= 15 is 0 Å². The van der Waals surface area contributed by atoms with E-state index in [9.17, 15) is 14.7 Å². The van der Waals surface area contributed by atoms with E-state index < -0.39 is 18.1 Å². The highest BCUT2D eigenvalue weighted by Crippen LogP contribution is 2.18. The van der Waals surface area contributed by atoms with E-state index in [-0.39, 0.29) is 19.1 Å². The molecule has 0 saturated heterocycles. The van der Waals surface area contributed by atoms with Crippen LogP contribution in [0.4, 0.5) is 10.6 Å². The maximum atomic E-state index is 12.1. The molecule has 0 spiro atoms. The van der Waals surface area contributed by atoms with Gasteiger partial charge in [0.25, 0.3) is 0 Å². The maximum absolute atomic E-state index is 12.1. The number of aliphatic carboxylic acids is 1.